The molecule has 0 aliphatic rings. The number of nitrogens with one attached hydrogen (secondary N) is 1. The summed E-state index contributed by atoms with van der Waals surface area (Å²) in [7, 11) is -3.79. The fourth-order valence-corrected chi connectivity index (χ4v) is 4.33. The zero-order valence-electron chi connectivity index (χ0n) is 17.0. The summed E-state index contributed by atoms with van der Waals surface area (Å²) >= 11 is 1.12. The van der Waals surface area contributed by atoms with E-state index in [1.165, 1.54) is 12.1 Å². The van der Waals surface area contributed by atoms with Crippen LogP contribution in [0.2, 0.25) is 0 Å². The number of rotatable bonds is 7. The molecule has 1 amide bonds. The predicted molar refractivity (Wildman–Crippen MR) is 118 cm³/mol. The average Bonchev–Trinajstić information content (AvgIpc) is 3.12. The lowest BCUT2D eigenvalue weighted by atomic mass is 10.1. The molecule has 0 saturated heterocycles. The van der Waals surface area contributed by atoms with Gasteiger partial charge in [0.15, 0.2) is 5.13 Å². The van der Waals surface area contributed by atoms with Gasteiger partial charge in [0.2, 0.25) is 10.0 Å². The number of hydrogen-bond acceptors (Lipinski definition) is 7. The molecule has 3 rings (SSSR count). The Morgan fingerprint density at radius 3 is 2.47 bits per heavy atom. The van der Waals surface area contributed by atoms with Gasteiger partial charge in [-0.25, -0.2) is 26.9 Å². The minimum atomic E-state index is -3.79. The summed E-state index contributed by atoms with van der Waals surface area (Å²) in [6.45, 7) is 1.63. The Morgan fingerprint density at radius 1 is 1.22 bits per heavy atom. The number of anilines is 2. The first-order chi connectivity index (χ1) is 15.1. The Hall–Kier alpha value is -3.36. The van der Waals surface area contributed by atoms with Crippen molar-refractivity contribution in [3.05, 3.63) is 75.8 Å². The van der Waals surface area contributed by atoms with Crippen LogP contribution >= 0.6 is 11.3 Å². The Kier molecular flexibility index (Phi) is 6.86. The number of halogens is 2. The molecule has 7 nitrogen and oxygen atoms in total. The molecule has 3 aromatic rings. The number of amides is 1. The zero-order valence-corrected chi connectivity index (χ0v) is 18.7. The second-order valence-electron chi connectivity index (χ2n) is 6.85. The Morgan fingerprint density at radius 2 is 1.88 bits per heavy atom. The average molecular weight is 477 g/mol. The molecular weight excluding hydrogens is 458 g/mol. The van der Waals surface area contributed by atoms with Gasteiger partial charge >= 0.3 is 0 Å². The first-order valence-corrected chi connectivity index (χ1v) is 11.9. The highest BCUT2D eigenvalue weighted by atomic mass is 32.2. The maximum Gasteiger partial charge on any atom is 0.284 e. The van der Waals surface area contributed by atoms with Crippen LogP contribution in [-0.4, -0.2) is 25.6 Å². The van der Waals surface area contributed by atoms with Gasteiger partial charge in [-0.2, -0.15) is 5.26 Å². The fourth-order valence-electron chi connectivity index (χ4n) is 2.97. The number of sulfonamides is 1. The quantitative estimate of drug-likeness (QED) is 0.546. The molecule has 32 heavy (non-hydrogen) atoms. The number of thiazole rings is 1. The van der Waals surface area contributed by atoms with Crippen molar-refractivity contribution in [1.29, 1.82) is 5.26 Å². The van der Waals surface area contributed by atoms with Crippen LogP contribution in [0.25, 0.3) is 0 Å². The second kappa shape index (κ2) is 9.42. The maximum atomic E-state index is 13.5. The van der Waals surface area contributed by atoms with Crippen LogP contribution < -0.4 is 9.62 Å². The van der Waals surface area contributed by atoms with Gasteiger partial charge in [0.25, 0.3) is 12.3 Å². The number of carbonyl (C=O) groups excluding carboxylic acids is 1. The number of nitriles is 1. The van der Waals surface area contributed by atoms with Crippen LogP contribution in [0.15, 0.2) is 48.5 Å². The highest BCUT2D eigenvalue weighted by Gasteiger charge is 2.23. The number of carbonyl (C=O) groups is 1. The molecule has 0 bridgehead atoms. The van der Waals surface area contributed by atoms with Crippen molar-refractivity contribution in [1.82, 2.24) is 9.71 Å². The number of nitrogens with zero attached hydrogens (tertiary/aromatic N) is 3. The molecule has 166 valence electrons. The van der Waals surface area contributed by atoms with E-state index in [0.29, 0.717) is 26.8 Å². The SMILES string of the molecule is Cc1sc(N(Cc2ccccc2C(F)F)c2ccc(C#N)cc2)nc1C(=O)NS(C)(=O)=O. The van der Waals surface area contributed by atoms with E-state index in [0.717, 1.165) is 17.6 Å². The summed E-state index contributed by atoms with van der Waals surface area (Å²) in [5.41, 5.74) is 1.15. The summed E-state index contributed by atoms with van der Waals surface area (Å²) in [6, 6.07) is 14.6. The van der Waals surface area contributed by atoms with Crippen LogP contribution in [-0.2, 0) is 16.6 Å². The van der Waals surface area contributed by atoms with Crippen LogP contribution in [0, 0.1) is 18.3 Å². The van der Waals surface area contributed by atoms with Gasteiger partial charge in [0.05, 0.1) is 24.4 Å². The largest absolute Gasteiger partial charge is 0.313 e. The minimum Gasteiger partial charge on any atom is -0.313 e. The van der Waals surface area contributed by atoms with Crippen molar-refractivity contribution >= 4 is 38.1 Å². The molecule has 2 aromatic carbocycles. The van der Waals surface area contributed by atoms with E-state index in [4.69, 9.17) is 5.26 Å². The number of aryl methyl sites for hydroxylation is 1. The first kappa shape index (κ1) is 23.3. The predicted octanol–water partition coefficient (Wildman–Crippen LogP) is 4.29. The number of alkyl halides is 2. The second-order valence-corrected chi connectivity index (χ2v) is 9.78. The van der Waals surface area contributed by atoms with Gasteiger partial charge in [0.1, 0.15) is 5.69 Å². The smallest absolute Gasteiger partial charge is 0.284 e. The van der Waals surface area contributed by atoms with Crippen LogP contribution in [0.5, 0.6) is 0 Å². The third kappa shape index (κ3) is 5.46. The van der Waals surface area contributed by atoms with Crippen LogP contribution in [0.1, 0.15) is 38.5 Å². The van der Waals surface area contributed by atoms with Crippen molar-refractivity contribution < 1.29 is 22.0 Å². The lowest BCUT2D eigenvalue weighted by molar-refractivity contribution is 0.0977. The molecule has 0 aliphatic heterocycles. The molecule has 11 heteroatoms. The fraction of sp³-hybridized carbons (Fsp3) is 0.190. The Bertz CT molecular complexity index is 1280. The van der Waals surface area contributed by atoms with Gasteiger partial charge in [-0.1, -0.05) is 24.3 Å². The van der Waals surface area contributed by atoms with Crippen molar-refractivity contribution in [2.45, 2.75) is 19.9 Å². The lowest BCUT2D eigenvalue weighted by Crippen LogP contribution is -2.30. The van der Waals surface area contributed by atoms with Gasteiger partial charge in [0, 0.05) is 16.1 Å². The van der Waals surface area contributed by atoms with Crippen molar-refractivity contribution in [3.63, 3.8) is 0 Å². The summed E-state index contributed by atoms with van der Waals surface area (Å²) in [6.07, 6.45) is -1.82. The summed E-state index contributed by atoms with van der Waals surface area (Å²) in [5.74, 6) is -0.875. The van der Waals surface area contributed by atoms with Gasteiger partial charge in [-0.3, -0.25) is 4.79 Å². The monoisotopic (exact) mass is 476 g/mol. The van der Waals surface area contributed by atoms with Gasteiger partial charge < -0.3 is 4.90 Å². The van der Waals surface area contributed by atoms with Crippen molar-refractivity contribution in [3.8, 4) is 6.07 Å². The standard InChI is InChI=1S/C21H18F2N4O3S2/c1-13-18(20(28)26-32(2,29)30)25-21(31-13)27(16-9-7-14(11-24)8-10-16)12-15-5-3-4-6-17(15)19(22)23/h3-10,19H,12H2,1-2H3,(H,26,28). The highest BCUT2D eigenvalue weighted by Crippen LogP contribution is 2.35. The molecule has 1 heterocycles. The summed E-state index contributed by atoms with van der Waals surface area (Å²) < 4.78 is 51.8. The van der Waals surface area contributed by atoms with Crippen LogP contribution in [0.3, 0.4) is 0 Å². The topological polar surface area (TPSA) is 103 Å². The molecule has 0 saturated carbocycles. The minimum absolute atomic E-state index is 0.0203. The van der Waals surface area contributed by atoms with Crippen LogP contribution in [0.4, 0.5) is 19.6 Å². The van der Waals surface area contributed by atoms with E-state index in [1.807, 2.05) is 10.8 Å². The molecule has 0 aliphatic carbocycles. The molecule has 0 radical (unpaired) electrons. The highest BCUT2D eigenvalue weighted by molar-refractivity contribution is 7.89. The summed E-state index contributed by atoms with van der Waals surface area (Å²) in [5, 5.41) is 9.37. The summed E-state index contributed by atoms with van der Waals surface area (Å²) in [4.78, 5) is 18.7. The van der Waals surface area contributed by atoms with E-state index in [9.17, 15) is 22.0 Å². The van der Waals surface area contributed by atoms with E-state index >= 15 is 0 Å². The molecule has 0 unspecified atom stereocenters. The molecule has 0 spiro atoms. The number of hydrogen-bond donors (Lipinski definition) is 1. The van der Waals surface area contributed by atoms with Gasteiger partial charge in [-0.05, 0) is 36.8 Å². The molecule has 0 atom stereocenters. The Balaban J connectivity index is 2.07. The van der Waals surface area contributed by atoms with Crippen molar-refractivity contribution in [2.75, 3.05) is 11.2 Å². The zero-order chi connectivity index (χ0) is 23.5. The number of benzene rings is 2. The molecular formula is C21H18F2N4O3S2. The Labute approximate surface area is 188 Å². The third-order valence-corrected chi connectivity index (χ3v) is 5.99. The normalized spacial score (nSPS) is 11.2. The van der Waals surface area contributed by atoms with E-state index in [2.05, 4.69) is 4.98 Å². The van der Waals surface area contributed by atoms with Crippen molar-refractivity contribution in [2.24, 2.45) is 0 Å². The molecule has 1 aromatic heterocycles. The third-order valence-electron chi connectivity index (χ3n) is 4.44. The first-order valence-electron chi connectivity index (χ1n) is 9.22. The van der Waals surface area contributed by atoms with E-state index in [-0.39, 0.29) is 17.8 Å². The van der Waals surface area contributed by atoms with E-state index in [1.54, 1.807) is 48.2 Å². The molecule has 1 N–H and O–H groups in total. The number of aromatic nitrogens is 1. The maximum absolute atomic E-state index is 13.5. The van der Waals surface area contributed by atoms with Gasteiger partial charge in [-0.15, -0.1) is 11.3 Å². The van der Waals surface area contributed by atoms with E-state index < -0.39 is 22.4 Å². The lowest BCUT2D eigenvalue weighted by Gasteiger charge is -2.23. The molecule has 0 fully saturated rings.